The summed E-state index contributed by atoms with van der Waals surface area (Å²) in [5.41, 5.74) is 4.70. The van der Waals surface area contributed by atoms with Crippen LogP contribution in [0, 0.1) is 11.5 Å². The third-order valence-corrected chi connectivity index (χ3v) is 2.79. The van der Waals surface area contributed by atoms with Gasteiger partial charge in [-0.05, 0) is 35.9 Å². The number of hydrogen-bond acceptors (Lipinski definition) is 1. The number of carbonyl (C=O) groups excluding carboxylic acids is 1. The third kappa shape index (κ3) is 4.33. The average Bonchev–Trinajstić information content (AvgIpc) is 2.14. The highest BCUT2D eigenvalue weighted by molar-refractivity contribution is 6.83. The molecule has 0 bridgehead atoms. The van der Waals surface area contributed by atoms with Crippen LogP contribution in [0.5, 0.6) is 0 Å². The average molecular weight is 237 g/mol. The zero-order chi connectivity index (χ0) is 11.5. The Bertz CT molecular complexity index is 418. The molecule has 0 fully saturated rings. The Labute approximate surface area is 96.5 Å². The molecule has 78 valence electrons. The zero-order valence-electron chi connectivity index (χ0n) is 9.10. The van der Waals surface area contributed by atoms with E-state index in [9.17, 15) is 4.79 Å². The second-order valence-electron chi connectivity index (χ2n) is 4.35. The molecule has 0 saturated heterocycles. The Morgan fingerprint density at radius 1 is 1.20 bits per heavy atom. The van der Waals surface area contributed by atoms with E-state index < -0.39 is 13.3 Å². The number of benzene rings is 1. The molecule has 0 aliphatic rings. The van der Waals surface area contributed by atoms with Gasteiger partial charge in [0.2, 0.25) is 0 Å². The highest BCUT2D eigenvalue weighted by atomic mass is 35.5. The van der Waals surface area contributed by atoms with E-state index in [1.54, 1.807) is 12.1 Å². The van der Waals surface area contributed by atoms with Crippen molar-refractivity contribution >= 4 is 24.9 Å². The van der Waals surface area contributed by atoms with E-state index in [-0.39, 0.29) is 0 Å². The summed E-state index contributed by atoms with van der Waals surface area (Å²) in [6.07, 6.45) is 0. The van der Waals surface area contributed by atoms with Crippen LogP contribution in [0.4, 0.5) is 0 Å². The normalized spacial score (nSPS) is 10.4. The minimum Gasteiger partial charge on any atom is -0.276 e. The molecule has 0 aliphatic carbocycles. The lowest BCUT2D eigenvalue weighted by molar-refractivity contribution is 0.108. The first-order chi connectivity index (χ1) is 6.88. The van der Waals surface area contributed by atoms with Crippen LogP contribution in [-0.2, 0) is 0 Å². The Morgan fingerprint density at radius 3 is 2.13 bits per heavy atom. The molecule has 3 heteroatoms. The van der Waals surface area contributed by atoms with E-state index in [1.165, 1.54) is 0 Å². The van der Waals surface area contributed by atoms with Crippen LogP contribution in [0.3, 0.4) is 0 Å². The van der Waals surface area contributed by atoms with Gasteiger partial charge in [-0.25, -0.2) is 0 Å². The van der Waals surface area contributed by atoms with Crippen LogP contribution < -0.4 is 0 Å². The number of carbonyl (C=O) groups is 1. The van der Waals surface area contributed by atoms with Gasteiger partial charge < -0.3 is 0 Å². The van der Waals surface area contributed by atoms with Crippen molar-refractivity contribution in [3.05, 3.63) is 35.4 Å². The van der Waals surface area contributed by atoms with Crippen molar-refractivity contribution in [3.63, 3.8) is 0 Å². The van der Waals surface area contributed by atoms with Gasteiger partial charge in [0.05, 0.1) is 0 Å². The Kier molecular flexibility index (Phi) is 3.73. The second-order valence-corrected chi connectivity index (χ2v) is 9.44. The molecule has 0 N–H and O–H groups in total. The van der Waals surface area contributed by atoms with Crippen molar-refractivity contribution in [2.45, 2.75) is 19.6 Å². The summed E-state index contributed by atoms with van der Waals surface area (Å²) in [4.78, 5) is 10.8. The predicted molar refractivity (Wildman–Crippen MR) is 66.8 cm³/mol. The molecule has 1 nitrogen and oxygen atoms in total. The van der Waals surface area contributed by atoms with Crippen molar-refractivity contribution in [2.75, 3.05) is 0 Å². The Balaban J connectivity index is 2.89. The van der Waals surface area contributed by atoms with Gasteiger partial charge in [0.1, 0.15) is 8.07 Å². The van der Waals surface area contributed by atoms with Crippen LogP contribution in [-0.4, -0.2) is 13.3 Å². The summed E-state index contributed by atoms with van der Waals surface area (Å²) in [5.74, 6) is 3.11. The van der Waals surface area contributed by atoms with Gasteiger partial charge in [0.25, 0.3) is 5.24 Å². The van der Waals surface area contributed by atoms with Crippen molar-refractivity contribution in [1.29, 1.82) is 0 Å². The van der Waals surface area contributed by atoms with Crippen molar-refractivity contribution < 1.29 is 4.79 Å². The van der Waals surface area contributed by atoms with Gasteiger partial charge in [-0.1, -0.05) is 25.6 Å². The molecule has 1 rings (SSSR count). The lowest BCUT2D eigenvalue weighted by atomic mass is 10.2. The van der Waals surface area contributed by atoms with E-state index >= 15 is 0 Å². The molecule has 0 heterocycles. The van der Waals surface area contributed by atoms with Gasteiger partial charge >= 0.3 is 0 Å². The first-order valence-corrected chi connectivity index (χ1v) is 8.59. The molecule has 0 amide bonds. The van der Waals surface area contributed by atoms with Crippen LogP contribution in [0.1, 0.15) is 15.9 Å². The maximum atomic E-state index is 10.8. The topological polar surface area (TPSA) is 17.1 Å². The lowest BCUT2D eigenvalue weighted by Crippen LogP contribution is -2.16. The highest BCUT2D eigenvalue weighted by Gasteiger charge is 2.07. The van der Waals surface area contributed by atoms with Crippen molar-refractivity contribution in [3.8, 4) is 11.5 Å². The fraction of sp³-hybridized carbons (Fsp3) is 0.250. The van der Waals surface area contributed by atoms with Gasteiger partial charge in [-0.2, -0.15) is 0 Å². The van der Waals surface area contributed by atoms with E-state index in [2.05, 4.69) is 31.1 Å². The summed E-state index contributed by atoms with van der Waals surface area (Å²) in [7, 11) is -1.33. The van der Waals surface area contributed by atoms with E-state index in [1.807, 2.05) is 12.1 Å². The molecule has 15 heavy (non-hydrogen) atoms. The molecule has 0 aromatic heterocycles. The molecule has 0 atom stereocenters. The highest BCUT2D eigenvalue weighted by Crippen LogP contribution is 2.06. The zero-order valence-corrected chi connectivity index (χ0v) is 10.9. The lowest BCUT2D eigenvalue weighted by Gasteiger charge is -2.03. The monoisotopic (exact) mass is 236 g/mol. The Morgan fingerprint density at radius 2 is 1.73 bits per heavy atom. The van der Waals surface area contributed by atoms with Crippen molar-refractivity contribution in [2.24, 2.45) is 0 Å². The third-order valence-electron chi connectivity index (χ3n) is 1.69. The minimum atomic E-state index is -1.33. The van der Waals surface area contributed by atoms with Gasteiger partial charge in [-0.15, -0.1) is 5.54 Å². The maximum absolute atomic E-state index is 10.8. The summed E-state index contributed by atoms with van der Waals surface area (Å²) in [6.45, 7) is 6.57. The molecule has 1 aromatic carbocycles. The number of hydrogen-bond donors (Lipinski definition) is 0. The van der Waals surface area contributed by atoms with Crippen LogP contribution in [0.15, 0.2) is 24.3 Å². The summed E-state index contributed by atoms with van der Waals surface area (Å²) in [5, 5.41) is -0.431. The maximum Gasteiger partial charge on any atom is 0.252 e. The van der Waals surface area contributed by atoms with E-state index in [0.29, 0.717) is 5.56 Å². The molecule has 1 aromatic rings. The number of rotatable bonds is 1. The summed E-state index contributed by atoms with van der Waals surface area (Å²) >= 11 is 5.34. The SMILES string of the molecule is C[Si](C)(C)C#Cc1ccc(C(=O)Cl)cc1. The predicted octanol–water partition coefficient (Wildman–Crippen LogP) is 3.29. The van der Waals surface area contributed by atoms with Crippen LogP contribution in [0.2, 0.25) is 19.6 Å². The van der Waals surface area contributed by atoms with Crippen molar-refractivity contribution in [1.82, 2.24) is 0 Å². The standard InChI is InChI=1S/C12H13ClOSi/c1-15(2,3)9-8-10-4-6-11(7-5-10)12(13)14/h4-7H,1-3H3. The number of halogens is 1. The first-order valence-electron chi connectivity index (χ1n) is 4.71. The Hall–Kier alpha value is -1.04. The second kappa shape index (κ2) is 4.65. The van der Waals surface area contributed by atoms with Gasteiger partial charge in [-0.3, -0.25) is 4.79 Å². The largest absolute Gasteiger partial charge is 0.276 e. The molecular formula is C12H13ClOSi. The van der Waals surface area contributed by atoms with Crippen LogP contribution >= 0.6 is 11.6 Å². The molecule has 0 unspecified atom stereocenters. The smallest absolute Gasteiger partial charge is 0.252 e. The van der Waals surface area contributed by atoms with E-state index in [0.717, 1.165) is 5.56 Å². The van der Waals surface area contributed by atoms with Gasteiger partial charge in [0.15, 0.2) is 0 Å². The van der Waals surface area contributed by atoms with Crippen LogP contribution in [0.25, 0.3) is 0 Å². The molecule has 0 radical (unpaired) electrons. The van der Waals surface area contributed by atoms with Gasteiger partial charge in [0, 0.05) is 11.1 Å². The minimum absolute atomic E-state index is 0.431. The molecule has 0 spiro atoms. The first kappa shape index (κ1) is 12.0. The van der Waals surface area contributed by atoms with E-state index in [4.69, 9.17) is 11.6 Å². The fourth-order valence-electron chi connectivity index (χ4n) is 0.944. The molecule has 0 saturated carbocycles. The molecule has 0 aliphatic heterocycles. The quantitative estimate of drug-likeness (QED) is 0.416. The summed E-state index contributed by atoms with van der Waals surface area (Å²) in [6, 6.07) is 7.04. The molecular weight excluding hydrogens is 224 g/mol. The fourth-order valence-corrected chi connectivity index (χ4v) is 1.59. The summed E-state index contributed by atoms with van der Waals surface area (Å²) < 4.78 is 0.